The van der Waals surface area contributed by atoms with E-state index in [1.54, 1.807) is 0 Å². The van der Waals surface area contributed by atoms with E-state index in [-0.39, 0.29) is 6.41 Å². The Morgan fingerprint density at radius 3 is 3.09 bits per heavy atom. The Balaban J connectivity index is 2.22. The van der Waals surface area contributed by atoms with Crippen LogP contribution in [0, 0.1) is 0 Å². The normalized spacial score (nSPS) is 33.3. The first-order chi connectivity index (χ1) is 5.33. The van der Waals surface area contributed by atoms with Crippen LogP contribution in [0.25, 0.3) is 0 Å². The van der Waals surface area contributed by atoms with Crippen LogP contribution in [0.1, 0.15) is 20.3 Å². The summed E-state index contributed by atoms with van der Waals surface area (Å²) in [6, 6.07) is 0.445. The fraction of sp³-hybridized carbons (Fsp3) is 1.00. The topological polar surface area (TPSA) is 42.5 Å². The second kappa shape index (κ2) is 4.66. The van der Waals surface area contributed by atoms with Gasteiger partial charge >= 0.3 is 0 Å². The molecule has 0 bridgehead atoms. The van der Waals surface area contributed by atoms with Gasteiger partial charge in [-0.2, -0.15) is 0 Å². The summed E-state index contributed by atoms with van der Waals surface area (Å²) in [5.74, 6) is 0. The molecule has 0 amide bonds. The molecule has 1 heterocycles. The van der Waals surface area contributed by atoms with Gasteiger partial charge in [-0.1, -0.05) is 0 Å². The van der Waals surface area contributed by atoms with Gasteiger partial charge in [-0.05, 0) is 20.3 Å². The highest BCUT2D eigenvalue weighted by Gasteiger charge is 2.13. The first kappa shape index (κ1) is 8.93. The first-order valence-electron chi connectivity index (χ1n) is 4.07. The molecule has 4 nitrogen and oxygen atoms in total. The predicted octanol–water partition coefficient (Wildman–Crippen LogP) is 0.209. The number of ether oxygens (including phenoxy) is 2. The maximum atomic E-state index is 5.32. The van der Waals surface area contributed by atoms with Gasteiger partial charge in [0.05, 0.1) is 6.61 Å². The molecule has 1 aliphatic heterocycles. The van der Waals surface area contributed by atoms with Crippen LogP contribution < -0.4 is 10.9 Å². The zero-order chi connectivity index (χ0) is 8.10. The predicted molar refractivity (Wildman–Crippen MR) is 41.7 cm³/mol. The van der Waals surface area contributed by atoms with Crippen molar-refractivity contribution < 1.29 is 9.47 Å². The van der Waals surface area contributed by atoms with Gasteiger partial charge in [-0.3, -0.25) is 5.43 Å². The van der Waals surface area contributed by atoms with E-state index in [0.717, 1.165) is 13.0 Å². The second-order valence-corrected chi connectivity index (χ2v) is 2.64. The van der Waals surface area contributed by atoms with Crippen molar-refractivity contribution in [2.45, 2.75) is 32.7 Å². The van der Waals surface area contributed by atoms with Crippen LogP contribution in [0.2, 0.25) is 0 Å². The van der Waals surface area contributed by atoms with E-state index in [9.17, 15) is 0 Å². The molecule has 2 atom stereocenters. The molecule has 0 spiro atoms. The molecule has 11 heavy (non-hydrogen) atoms. The highest BCUT2D eigenvalue weighted by atomic mass is 16.7. The summed E-state index contributed by atoms with van der Waals surface area (Å²) in [6.45, 7) is 5.45. The van der Waals surface area contributed by atoms with Crippen molar-refractivity contribution in [3.8, 4) is 0 Å². The molecule has 2 N–H and O–H groups in total. The minimum atomic E-state index is -0.287. The van der Waals surface area contributed by atoms with Gasteiger partial charge < -0.3 is 9.47 Å². The van der Waals surface area contributed by atoms with Gasteiger partial charge in [0, 0.05) is 12.6 Å². The Kier molecular flexibility index (Phi) is 3.79. The Morgan fingerprint density at radius 1 is 1.55 bits per heavy atom. The van der Waals surface area contributed by atoms with Gasteiger partial charge in [0.25, 0.3) is 0 Å². The summed E-state index contributed by atoms with van der Waals surface area (Å²) in [6.07, 6.45) is 0.723. The van der Waals surface area contributed by atoms with Crippen LogP contribution in [0.5, 0.6) is 0 Å². The minimum absolute atomic E-state index is 0.287. The second-order valence-electron chi connectivity index (χ2n) is 2.64. The number of rotatable bonds is 2. The van der Waals surface area contributed by atoms with Gasteiger partial charge in [0.2, 0.25) is 6.41 Å². The average molecular weight is 160 g/mol. The summed E-state index contributed by atoms with van der Waals surface area (Å²) < 4.78 is 10.5. The van der Waals surface area contributed by atoms with E-state index in [4.69, 9.17) is 9.47 Å². The summed E-state index contributed by atoms with van der Waals surface area (Å²) in [5, 5.41) is 0. The van der Waals surface area contributed by atoms with E-state index in [1.165, 1.54) is 0 Å². The molecule has 1 fully saturated rings. The van der Waals surface area contributed by atoms with Crippen molar-refractivity contribution in [3.05, 3.63) is 0 Å². The SMILES string of the molecule is CCOC1NNC(C)CCO1. The number of nitrogens with one attached hydrogen (secondary N) is 2. The van der Waals surface area contributed by atoms with Crippen molar-refractivity contribution in [1.82, 2.24) is 10.9 Å². The van der Waals surface area contributed by atoms with Crippen LogP contribution >= 0.6 is 0 Å². The Bertz CT molecular complexity index is 111. The molecule has 0 aliphatic carbocycles. The molecule has 4 heteroatoms. The van der Waals surface area contributed by atoms with E-state index in [0.29, 0.717) is 12.6 Å². The smallest absolute Gasteiger partial charge is 0.228 e. The highest BCUT2D eigenvalue weighted by Crippen LogP contribution is 1.99. The summed E-state index contributed by atoms with van der Waals surface area (Å²) in [4.78, 5) is 0. The van der Waals surface area contributed by atoms with E-state index in [2.05, 4.69) is 17.8 Å². The Hall–Kier alpha value is -0.160. The first-order valence-corrected chi connectivity index (χ1v) is 4.07. The van der Waals surface area contributed by atoms with E-state index in [1.807, 2.05) is 6.92 Å². The van der Waals surface area contributed by atoms with Crippen molar-refractivity contribution in [2.75, 3.05) is 13.2 Å². The lowest BCUT2D eigenvalue weighted by Crippen LogP contribution is -2.45. The molecular formula is C7H16N2O2. The lowest BCUT2D eigenvalue weighted by molar-refractivity contribution is -0.156. The van der Waals surface area contributed by atoms with Crippen LogP contribution in [-0.2, 0) is 9.47 Å². The molecule has 0 saturated carbocycles. The number of hydrogen-bond acceptors (Lipinski definition) is 4. The van der Waals surface area contributed by atoms with Gasteiger partial charge in [-0.25, -0.2) is 5.43 Å². The van der Waals surface area contributed by atoms with E-state index >= 15 is 0 Å². The lowest BCUT2D eigenvalue weighted by Gasteiger charge is -2.15. The van der Waals surface area contributed by atoms with Crippen LogP contribution in [0.15, 0.2) is 0 Å². The Labute approximate surface area is 67.2 Å². The van der Waals surface area contributed by atoms with Gasteiger partial charge in [-0.15, -0.1) is 0 Å². The molecule has 0 aromatic rings. The van der Waals surface area contributed by atoms with Crippen molar-refractivity contribution in [3.63, 3.8) is 0 Å². The van der Waals surface area contributed by atoms with Crippen molar-refractivity contribution in [1.29, 1.82) is 0 Å². The molecular weight excluding hydrogens is 144 g/mol. The third-order valence-electron chi connectivity index (χ3n) is 1.59. The maximum absolute atomic E-state index is 5.32. The van der Waals surface area contributed by atoms with Gasteiger partial charge in [0.15, 0.2) is 0 Å². The van der Waals surface area contributed by atoms with Crippen molar-refractivity contribution >= 4 is 0 Å². The van der Waals surface area contributed by atoms with E-state index < -0.39 is 0 Å². The van der Waals surface area contributed by atoms with Crippen LogP contribution in [0.3, 0.4) is 0 Å². The standard InChI is InChI=1S/C7H16N2O2/c1-3-10-7-9-8-6(2)4-5-11-7/h6-9H,3-5H2,1-2H3. The zero-order valence-corrected chi connectivity index (χ0v) is 7.09. The van der Waals surface area contributed by atoms with Crippen LogP contribution in [-0.4, -0.2) is 25.7 Å². The fourth-order valence-corrected chi connectivity index (χ4v) is 0.917. The zero-order valence-electron chi connectivity index (χ0n) is 7.09. The fourth-order valence-electron chi connectivity index (χ4n) is 0.917. The van der Waals surface area contributed by atoms with Crippen LogP contribution in [0.4, 0.5) is 0 Å². The minimum Gasteiger partial charge on any atom is -0.339 e. The molecule has 1 saturated heterocycles. The number of hydrazine groups is 1. The van der Waals surface area contributed by atoms with Crippen molar-refractivity contribution in [2.24, 2.45) is 0 Å². The molecule has 0 aromatic heterocycles. The average Bonchev–Trinajstić information content (AvgIpc) is 2.17. The molecule has 2 unspecified atom stereocenters. The summed E-state index contributed by atoms with van der Waals surface area (Å²) in [7, 11) is 0. The summed E-state index contributed by atoms with van der Waals surface area (Å²) in [5.41, 5.74) is 6.02. The quantitative estimate of drug-likeness (QED) is 0.606. The molecule has 0 aromatic carbocycles. The summed E-state index contributed by atoms with van der Waals surface area (Å²) >= 11 is 0. The Morgan fingerprint density at radius 2 is 2.36 bits per heavy atom. The monoisotopic (exact) mass is 160 g/mol. The number of hydrogen-bond donors (Lipinski definition) is 2. The molecule has 66 valence electrons. The molecule has 1 aliphatic rings. The molecule has 1 rings (SSSR count). The lowest BCUT2D eigenvalue weighted by atomic mass is 10.3. The third-order valence-corrected chi connectivity index (χ3v) is 1.59. The maximum Gasteiger partial charge on any atom is 0.228 e. The highest BCUT2D eigenvalue weighted by molar-refractivity contribution is 4.59. The molecule has 0 radical (unpaired) electrons. The van der Waals surface area contributed by atoms with Gasteiger partial charge in [0.1, 0.15) is 0 Å². The third kappa shape index (κ3) is 3.16. The largest absolute Gasteiger partial charge is 0.339 e.